The quantitative estimate of drug-likeness (QED) is 0.925. The Kier molecular flexibility index (Phi) is 4.22. The van der Waals surface area contributed by atoms with Crippen molar-refractivity contribution in [3.8, 4) is 5.75 Å². The van der Waals surface area contributed by atoms with Crippen LogP contribution in [0.4, 0.5) is 4.39 Å². The first kappa shape index (κ1) is 14.0. The molecule has 0 saturated heterocycles. The van der Waals surface area contributed by atoms with Crippen LogP contribution in [0.2, 0.25) is 0 Å². The van der Waals surface area contributed by atoms with E-state index in [-0.39, 0.29) is 11.3 Å². The number of aryl methyl sites for hydroxylation is 1. The number of halogens is 2. The lowest BCUT2D eigenvalue weighted by molar-refractivity contribution is 0.213. The van der Waals surface area contributed by atoms with Gasteiger partial charge in [-0.15, -0.1) is 0 Å². The Morgan fingerprint density at radius 2 is 2.00 bits per heavy atom. The van der Waals surface area contributed by atoms with Gasteiger partial charge in [0.05, 0.1) is 7.11 Å². The van der Waals surface area contributed by atoms with Crippen LogP contribution in [-0.2, 0) is 0 Å². The van der Waals surface area contributed by atoms with E-state index < -0.39 is 11.9 Å². The smallest absolute Gasteiger partial charge is 0.171 e. The van der Waals surface area contributed by atoms with Gasteiger partial charge in [0, 0.05) is 10.0 Å². The minimum Gasteiger partial charge on any atom is -0.494 e. The zero-order valence-corrected chi connectivity index (χ0v) is 12.2. The maximum absolute atomic E-state index is 14.1. The first-order chi connectivity index (χ1) is 9.04. The van der Waals surface area contributed by atoms with E-state index in [9.17, 15) is 9.50 Å². The Hall–Kier alpha value is -1.39. The average Bonchev–Trinajstić information content (AvgIpc) is 2.41. The molecule has 100 valence electrons. The number of rotatable bonds is 3. The Bertz CT molecular complexity index is 599. The molecule has 0 aliphatic carbocycles. The predicted molar refractivity (Wildman–Crippen MR) is 75.9 cm³/mol. The van der Waals surface area contributed by atoms with Gasteiger partial charge in [-0.25, -0.2) is 4.39 Å². The zero-order valence-electron chi connectivity index (χ0n) is 10.7. The Morgan fingerprint density at radius 3 is 2.63 bits per heavy atom. The minimum absolute atomic E-state index is 0.130. The Balaban J connectivity index is 2.43. The Labute approximate surface area is 120 Å². The van der Waals surface area contributed by atoms with E-state index in [1.807, 2.05) is 19.1 Å². The molecule has 0 aliphatic rings. The van der Waals surface area contributed by atoms with Gasteiger partial charge in [-0.1, -0.05) is 40.2 Å². The van der Waals surface area contributed by atoms with Gasteiger partial charge in [0.25, 0.3) is 0 Å². The van der Waals surface area contributed by atoms with E-state index in [2.05, 4.69) is 15.9 Å². The summed E-state index contributed by atoms with van der Waals surface area (Å²) in [7, 11) is 1.40. The molecule has 4 heteroatoms. The summed E-state index contributed by atoms with van der Waals surface area (Å²) in [4.78, 5) is 0. The lowest BCUT2D eigenvalue weighted by atomic mass is 9.99. The topological polar surface area (TPSA) is 29.5 Å². The summed E-state index contributed by atoms with van der Waals surface area (Å²) >= 11 is 3.40. The second-order valence-electron chi connectivity index (χ2n) is 4.27. The van der Waals surface area contributed by atoms with Crippen molar-refractivity contribution in [3.63, 3.8) is 0 Å². The van der Waals surface area contributed by atoms with Crippen LogP contribution >= 0.6 is 15.9 Å². The predicted octanol–water partition coefficient (Wildman–Crippen LogP) is 3.99. The third-order valence-electron chi connectivity index (χ3n) is 3.01. The molecule has 1 unspecified atom stereocenters. The summed E-state index contributed by atoms with van der Waals surface area (Å²) in [5.41, 5.74) is 1.84. The standard InChI is InChI=1S/C15H14BrFO2/c1-9-8-10(6-7-12(9)16)15(18)11-4-3-5-13(19-2)14(11)17/h3-8,15,18H,1-2H3. The van der Waals surface area contributed by atoms with Crippen LogP contribution in [0.1, 0.15) is 22.8 Å². The number of benzene rings is 2. The molecule has 2 aromatic carbocycles. The van der Waals surface area contributed by atoms with Crippen LogP contribution in [0, 0.1) is 12.7 Å². The molecule has 2 rings (SSSR count). The van der Waals surface area contributed by atoms with E-state index in [4.69, 9.17) is 4.74 Å². The van der Waals surface area contributed by atoms with Gasteiger partial charge in [0.15, 0.2) is 11.6 Å². The first-order valence-electron chi connectivity index (χ1n) is 5.81. The maximum atomic E-state index is 14.1. The molecular weight excluding hydrogens is 311 g/mol. The van der Waals surface area contributed by atoms with E-state index in [0.29, 0.717) is 5.56 Å². The highest BCUT2D eigenvalue weighted by molar-refractivity contribution is 9.10. The van der Waals surface area contributed by atoms with E-state index in [0.717, 1.165) is 10.0 Å². The fourth-order valence-corrected chi connectivity index (χ4v) is 2.16. The van der Waals surface area contributed by atoms with Crippen molar-refractivity contribution in [2.24, 2.45) is 0 Å². The average molecular weight is 325 g/mol. The van der Waals surface area contributed by atoms with Gasteiger partial charge in [0.2, 0.25) is 0 Å². The lowest BCUT2D eigenvalue weighted by Gasteiger charge is -2.15. The molecule has 0 aliphatic heterocycles. The fraction of sp³-hybridized carbons (Fsp3) is 0.200. The normalized spacial score (nSPS) is 12.3. The van der Waals surface area contributed by atoms with E-state index in [1.165, 1.54) is 13.2 Å². The number of aliphatic hydroxyl groups is 1. The van der Waals surface area contributed by atoms with Crippen molar-refractivity contribution >= 4 is 15.9 Å². The second-order valence-corrected chi connectivity index (χ2v) is 5.13. The van der Waals surface area contributed by atoms with Crippen LogP contribution in [-0.4, -0.2) is 12.2 Å². The summed E-state index contributed by atoms with van der Waals surface area (Å²) in [5, 5.41) is 10.3. The summed E-state index contributed by atoms with van der Waals surface area (Å²) < 4.78 is 20.0. The highest BCUT2D eigenvalue weighted by Gasteiger charge is 2.18. The fourth-order valence-electron chi connectivity index (χ4n) is 1.91. The molecule has 0 fully saturated rings. The number of ether oxygens (including phenoxy) is 1. The van der Waals surface area contributed by atoms with Gasteiger partial charge in [-0.2, -0.15) is 0 Å². The van der Waals surface area contributed by atoms with Crippen LogP contribution < -0.4 is 4.74 Å². The molecule has 0 aromatic heterocycles. The monoisotopic (exact) mass is 324 g/mol. The molecule has 0 amide bonds. The minimum atomic E-state index is -1.01. The third-order valence-corrected chi connectivity index (χ3v) is 3.90. The second kappa shape index (κ2) is 5.72. The first-order valence-corrected chi connectivity index (χ1v) is 6.60. The van der Waals surface area contributed by atoms with Crippen LogP contribution in [0.3, 0.4) is 0 Å². The van der Waals surface area contributed by atoms with E-state index in [1.54, 1.807) is 18.2 Å². The molecule has 0 radical (unpaired) electrons. The summed E-state index contributed by atoms with van der Waals surface area (Å²) in [6, 6.07) is 10.2. The highest BCUT2D eigenvalue weighted by atomic mass is 79.9. The zero-order chi connectivity index (χ0) is 14.0. The van der Waals surface area contributed by atoms with Crippen molar-refractivity contribution < 1.29 is 14.2 Å². The number of hydrogen-bond acceptors (Lipinski definition) is 2. The van der Waals surface area contributed by atoms with Gasteiger partial charge < -0.3 is 9.84 Å². The van der Waals surface area contributed by atoms with Gasteiger partial charge in [-0.3, -0.25) is 0 Å². The maximum Gasteiger partial charge on any atom is 0.171 e. The van der Waals surface area contributed by atoms with Crippen LogP contribution in [0.5, 0.6) is 5.75 Å². The van der Waals surface area contributed by atoms with Crippen molar-refractivity contribution in [3.05, 3.63) is 63.4 Å². The van der Waals surface area contributed by atoms with Gasteiger partial charge >= 0.3 is 0 Å². The number of aliphatic hydroxyl groups excluding tert-OH is 1. The molecule has 0 heterocycles. The van der Waals surface area contributed by atoms with Crippen molar-refractivity contribution in [2.75, 3.05) is 7.11 Å². The summed E-state index contributed by atoms with van der Waals surface area (Å²) in [6.07, 6.45) is -1.01. The van der Waals surface area contributed by atoms with Crippen molar-refractivity contribution in [2.45, 2.75) is 13.0 Å². The number of hydrogen-bond donors (Lipinski definition) is 1. The van der Waals surface area contributed by atoms with Crippen molar-refractivity contribution in [1.29, 1.82) is 0 Å². The Morgan fingerprint density at radius 1 is 1.26 bits per heavy atom. The van der Waals surface area contributed by atoms with Gasteiger partial charge in [-0.05, 0) is 30.2 Å². The molecular formula is C15H14BrFO2. The van der Waals surface area contributed by atoms with Gasteiger partial charge in [0.1, 0.15) is 6.10 Å². The molecule has 19 heavy (non-hydrogen) atoms. The molecule has 0 saturated carbocycles. The largest absolute Gasteiger partial charge is 0.494 e. The third kappa shape index (κ3) is 2.80. The summed E-state index contributed by atoms with van der Waals surface area (Å²) in [6.45, 7) is 1.92. The highest BCUT2D eigenvalue weighted by Crippen LogP contribution is 2.30. The van der Waals surface area contributed by atoms with Crippen molar-refractivity contribution in [1.82, 2.24) is 0 Å². The van der Waals surface area contributed by atoms with Crippen LogP contribution in [0.25, 0.3) is 0 Å². The molecule has 2 nitrogen and oxygen atoms in total. The molecule has 2 aromatic rings. The number of methoxy groups -OCH3 is 1. The lowest BCUT2D eigenvalue weighted by Crippen LogP contribution is -2.04. The molecule has 0 spiro atoms. The molecule has 1 atom stereocenters. The molecule has 1 N–H and O–H groups in total. The van der Waals surface area contributed by atoms with E-state index >= 15 is 0 Å². The SMILES string of the molecule is COc1cccc(C(O)c2ccc(Br)c(C)c2)c1F. The van der Waals surface area contributed by atoms with Crippen LogP contribution in [0.15, 0.2) is 40.9 Å². The summed E-state index contributed by atoms with van der Waals surface area (Å²) in [5.74, 6) is -0.400. The molecule has 0 bridgehead atoms.